The van der Waals surface area contributed by atoms with Gasteiger partial charge < -0.3 is 0 Å². The lowest BCUT2D eigenvalue weighted by Crippen LogP contribution is -2.49. The molecule has 1 atom stereocenters. The van der Waals surface area contributed by atoms with Crippen molar-refractivity contribution in [2.45, 2.75) is 19.1 Å². The van der Waals surface area contributed by atoms with E-state index in [9.17, 15) is 12.8 Å². The molecule has 1 fully saturated rings. The van der Waals surface area contributed by atoms with Gasteiger partial charge in [0.25, 0.3) is 0 Å². The van der Waals surface area contributed by atoms with Crippen molar-refractivity contribution in [1.29, 1.82) is 0 Å². The molecule has 0 amide bonds. The monoisotopic (exact) mass is 332 g/mol. The molecule has 0 aliphatic carbocycles. The van der Waals surface area contributed by atoms with E-state index < -0.39 is 10.0 Å². The molecule has 0 spiro atoms. The third kappa shape index (κ3) is 2.67. The number of hydrogen-bond acceptors (Lipinski definition) is 3. The van der Waals surface area contributed by atoms with Gasteiger partial charge in [0.05, 0.1) is 18.5 Å². The van der Waals surface area contributed by atoms with E-state index in [1.807, 2.05) is 18.2 Å². The maximum absolute atomic E-state index is 13.0. The van der Waals surface area contributed by atoms with Crippen molar-refractivity contribution >= 4 is 10.0 Å². The van der Waals surface area contributed by atoms with Crippen molar-refractivity contribution in [3.05, 3.63) is 71.0 Å². The Labute approximate surface area is 135 Å². The quantitative estimate of drug-likeness (QED) is 0.848. The number of halogens is 1. The van der Waals surface area contributed by atoms with Crippen LogP contribution in [0.15, 0.2) is 48.5 Å². The predicted molar refractivity (Wildman–Crippen MR) is 85.3 cm³/mol. The highest BCUT2D eigenvalue weighted by atomic mass is 32.2. The van der Waals surface area contributed by atoms with Crippen LogP contribution in [-0.4, -0.2) is 30.0 Å². The zero-order chi connectivity index (χ0) is 16.0. The minimum absolute atomic E-state index is 0.0549. The Bertz CT molecular complexity index is 836. The molecule has 2 aromatic rings. The summed E-state index contributed by atoms with van der Waals surface area (Å²) in [4.78, 5) is 2.19. The number of benzene rings is 2. The van der Waals surface area contributed by atoms with Crippen molar-refractivity contribution < 1.29 is 12.8 Å². The van der Waals surface area contributed by atoms with E-state index in [1.165, 1.54) is 22.0 Å². The summed E-state index contributed by atoms with van der Waals surface area (Å²) < 4.78 is 39.8. The van der Waals surface area contributed by atoms with Crippen LogP contribution in [0.4, 0.5) is 4.39 Å². The molecule has 2 aliphatic rings. The van der Waals surface area contributed by atoms with E-state index in [0.29, 0.717) is 6.67 Å². The van der Waals surface area contributed by atoms with E-state index in [4.69, 9.17) is 0 Å². The van der Waals surface area contributed by atoms with Gasteiger partial charge in [0.2, 0.25) is 10.0 Å². The van der Waals surface area contributed by atoms with E-state index in [-0.39, 0.29) is 24.2 Å². The predicted octanol–water partition coefficient (Wildman–Crippen LogP) is 2.49. The van der Waals surface area contributed by atoms with E-state index in [2.05, 4.69) is 11.0 Å². The molecule has 2 heterocycles. The summed E-state index contributed by atoms with van der Waals surface area (Å²) in [7, 11) is -3.33. The second kappa shape index (κ2) is 5.40. The van der Waals surface area contributed by atoms with E-state index >= 15 is 0 Å². The lowest BCUT2D eigenvalue weighted by molar-refractivity contribution is 0.137. The third-order valence-corrected chi connectivity index (χ3v) is 6.37. The van der Waals surface area contributed by atoms with Gasteiger partial charge in [-0.25, -0.2) is 12.8 Å². The number of sulfonamides is 1. The van der Waals surface area contributed by atoms with Crippen LogP contribution in [0, 0.1) is 5.82 Å². The molecular weight excluding hydrogens is 315 g/mol. The zero-order valence-corrected chi connectivity index (χ0v) is 13.3. The highest BCUT2D eigenvalue weighted by Gasteiger charge is 2.41. The van der Waals surface area contributed by atoms with Crippen LogP contribution in [0.2, 0.25) is 0 Å². The molecule has 0 N–H and O–H groups in total. The van der Waals surface area contributed by atoms with Gasteiger partial charge in [-0.1, -0.05) is 36.4 Å². The highest BCUT2D eigenvalue weighted by Crippen LogP contribution is 2.38. The second-order valence-electron chi connectivity index (χ2n) is 6.12. The van der Waals surface area contributed by atoms with Crippen LogP contribution in [0.3, 0.4) is 0 Å². The molecule has 0 aromatic heterocycles. The molecule has 6 heteroatoms. The van der Waals surface area contributed by atoms with Crippen molar-refractivity contribution in [2.24, 2.45) is 0 Å². The third-order valence-electron chi connectivity index (χ3n) is 4.60. The first-order valence-electron chi connectivity index (χ1n) is 7.57. The summed E-state index contributed by atoms with van der Waals surface area (Å²) >= 11 is 0. The fourth-order valence-electron chi connectivity index (χ4n) is 3.41. The van der Waals surface area contributed by atoms with Gasteiger partial charge in [0.15, 0.2) is 0 Å². The Morgan fingerprint density at radius 2 is 1.83 bits per heavy atom. The summed E-state index contributed by atoms with van der Waals surface area (Å²) in [5.41, 5.74) is 3.12. The lowest BCUT2D eigenvalue weighted by Gasteiger charge is -2.37. The SMILES string of the molecule is O=S1(=O)CC2c3ccccc3CN2CN1Cc1ccc(F)cc1. The number of fused-ring (bicyclic) bond motifs is 3. The van der Waals surface area contributed by atoms with Crippen LogP contribution in [-0.2, 0) is 23.1 Å². The van der Waals surface area contributed by atoms with E-state index in [0.717, 1.165) is 17.7 Å². The maximum atomic E-state index is 13.0. The number of hydrogen-bond donors (Lipinski definition) is 0. The lowest BCUT2D eigenvalue weighted by atomic mass is 10.1. The first kappa shape index (κ1) is 14.8. The minimum Gasteiger partial charge on any atom is -0.277 e. The van der Waals surface area contributed by atoms with Gasteiger partial charge in [-0.05, 0) is 28.8 Å². The molecule has 1 unspecified atom stereocenters. The molecule has 0 radical (unpaired) electrons. The average molecular weight is 332 g/mol. The van der Waals surface area contributed by atoms with Gasteiger partial charge in [0, 0.05) is 13.1 Å². The van der Waals surface area contributed by atoms with Crippen LogP contribution in [0.5, 0.6) is 0 Å². The summed E-state index contributed by atoms with van der Waals surface area (Å²) in [6, 6.07) is 14.0. The molecule has 4 rings (SSSR count). The molecule has 2 aromatic carbocycles. The van der Waals surface area contributed by atoms with Crippen molar-refractivity contribution in [3.63, 3.8) is 0 Å². The molecule has 120 valence electrons. The van der Waals surface area contributed by atoms with Gasteiger partial charge in [-0.2, -0.15) is 4.31 Å². The molecule has 4 nitrogen and oxygen atoms in total. The van der Waals surface area contributed by atoms with Gasteiger partial charge in [-0.3, -0.25) is 4.90 Å². The van der Waals surface area contributed by atoms with Gasteiger partial charge in [0.1, 0.15) is 5.82 Å². The molecule has 1 saturated heterocycles. The fourth-order valence-corrected chi connectivity index (χ4v) is 5.08. The van der Waals surface area contributed by atoms with Gasteiger partial charge >= 0.3 is 0 Å². The van der Waals surface area contributed by atoms with Crippen LogP contribution >= 0.6 is 0 Å². The summed E-state index contributed by atoms with van der Waals surface area (Å²) in [5.74, 6) is -0.212. The van der Waals surface area contributed by atoms with Crippen LogP contribution in [0.25, 0.3) is 0 Å². The normalized spacial score (nSPS) is 23.4. The Balaban J connectivity index is 1.59. The van der Waals surface area contributed by atoms with Crippen molar-refractivity contribution in [1.82, 2.24) is 9.21 Å². The molecule has 23 heavy (non-hydrogen) atoms. The largest absolute Gasteiger partial charge is 0.277 e. The van der Waals surface area contributed by atoms with Crippen LogP contribution < -0.4 is 0 Å². The molecule has 2 aliphatic heterocycles. The topological polar surface area (TPSA) is 40.6 Å². The molecule has 0 saturated carbocycles. The Morgan fingerprint density at radius 1 is 1.09 bits per heavy atom. The average Bonchev–Trinajstić information content (AvgIpc) is 2.86. The number of nitrogens with zero attached hydrogens (tertiary/aromatic N) is 2. The first-order valence-corrected chi connectivity index (χ1v) is 9.18. The zero-order valence-electron chi connectivity index (χ0n) is 12.5. The summed E-state index contributed by atoms with van der Waals surface area (Å²) in [6.45, 7) is 1.43. The highest BCUT2D eigenvalue weighted by molar-refractivity contribution is 7.89. The first-order chi connectivity index (χ1) is 11.0. The fraction of sp³-hybridized carbons (Fsp3) is 0.294. The van der Waals surface area contributed by atoms with Gasteiger partial charge in [-0.15, -0.1) is 0 Å². The summed E-state index contributed by atoms with van der Waals surface area (Å²) in [6.07, 6.45) is 0. The Kier molecular flexibility index (Phi) is 3.48. The molecular formula is C17H17FN2O2S. The maximum Gasteiger partial charge on any atom is 0.217 e. The number of rotatable bonds is 2. The van der Waals surface area contributed by atoms with E-state index in [1.54, 1.807) is 12.1 Å². The Morgan fingerprint density at radius 3 is 2.61 bits per heavy atom. The minimum atomic E-state index is -3.33. The Hall–Kier alpha value is -1.76. The van der Waals surface area contributed by atoms with Crippen molar-refractivity contribution in [2.75, 3.05) is 12.4 Å². The smallest absolute Gasteiger partial charge is 0.217 e. The second-order valence-corrected chi connectivity index (χ2v) is 8.13. The summed E-state index contributed by atoms with van der Waals surface area (Å²) in [5, 5.41) is 0. The molecule has 0 bridgehead atoms. The standard InChI is InChI=1S/C17H17FN2O2S/c18-15-7-5-13(6-8-15)9-20-12-19-10-14-3-1-2-4-16(14)17(19)11-23(20,21)22/h1-8,17H,9-12H2. The van der Waals surface area contributed by atoms with Crippen LogP contribution in [0.1, 0.15) is 22.7 Å². The van der Waals surface area contributed by atoms with Crippen molar-refractivity contribution in [3.8, 4) is 0 Å².